The third kappa shape index (κ3) is 19.2. The molecule has 27 atom stereocenters. The Labute approximate surface area is 665 Å². The zero-order valence-electron chi connectivity index (χ0n) is 71.0. The van der Waals surface area contributed by atoms with Gasteiger partial charge in [-0.05, 0) is 101 Å². The summed E-state index contributed by atoms with van der Waals surface area (Å²) in [5, 5.41) is 95.7. The summed E-state index contributed by atoms with van der Waals surface area (Å²) >= 11 is 0. The number of carbonyl (C=O) groups is 5. The van der Waals surface area contributed by atoms with Gasteiger partial charge in [0.2, 0.25) is 0 Å². The molecule has 2 aromatic carbocycles. The van der Waals surface area contributed by atoms with Crippen molar-refractivity contribution in [3.63, 3.8) is 0 Å². The summed E-state index contributed by atoms with van der Waals surface area (Å²) in [7, 11) is 8.23. The third-order valence-electron chi connectivity index (χ3n) is 25.2. The normalized spacial score (nSPS) is 40.2. The fraction of sp³-hybridized carbons (Fsp3) is 0.750. The van der Waals surface area contributed by atoms with Crippen LogP contribution in [-0.4, -0.2) is 255 Å². The van der Waals surface area contributed by atoms with Gasteiger partial charge in [-0.1, -0.05) is 87.5 Å². The number of phenols is 2. The summed E-state index contributed by atoms with van der Waals surface area (Å²) in [5.41, 5.74) is -4.82. The molecule has 29 nitrogen and oxygen atoms in total. The van der Waals surface area contributed by atoms with Gasteiger partial charge in [-0.25, -0.2) is 0 Å². The molecule has 9 N–H and O–H groups in total. The van der Waals surface area contributed by atoms with Crippen LogP contribution in [0.2, 0.25) is 0 Å². The van der Waals surface area contributed by atoms with Crippen molar-refractivity contribution in [3.05, 3.63) is 58.0 Å². The molecule has 0 radical (unpaired) electrons. The number of carbonyl (C=O) groups excluding carboxylic acids is 5. The van der Waals surface area contributed by atoms with Crippen LogP contribution in [0.25, 0.3) is 10.8 Å². The number of amides is 1. The van der Waals surface area contributed by atoms with Crippen molar-refractivity contribution in [2.45, 2.75) is 297 Å². The van der Waals surface area contributed by atoms with E-state index < -0.39 is 185 Å². The van der Waals surface area contributed by atoms with Gasteiger partial charge in [-0.2, -0.15) is 0 Å². The lowest BCUT2D eigenvalue weighted by molar-refractivity contribution is -0.319. The number of likely N-dealkylation sites (tertiary alicyclic amines) is 1. The molecular formula is C84H131N5O24. The summed E-state index contributed by atoms with van der Waals surface area (Å²) < 4.78 is 67.9. The SMILES string of the molecule is CC[C@H]1OC(=O)[C@H](C)[C@@H](O[C@H]2C[C@@](C)(OC)[C@@H](O)[C@H](C)O2)[C@H](C)[C@@H](O[C@@H]2O[C@H](C)C[C@H](N(C)C)[C@H]2O)[C@](C)(OC)C[C@@H](C)C(=O)[C@H](C)[C@@H](O)[C@]1(C)O.CO[C@H]1/C=C\O[C@@]2(C)Oc3c(C)c(O)c4c(O)c(c5c(c4c3C2=O)=NC2(CCN(CC(C)C)CC2)N=5)NC(=O)/C(C)=C/C=C\[C@H](C)[C@H](O)[C@@H](C)[C@@H](O)[C@H](C)[C@@H](OC(C)=O)[C@@H]1C. The molecule has 4 fully saturated rings. The van der Waals surface area contributed by atoms with Gasteiger partial charge in [-0.3, -0.25) is 34.0 Å². The number of cyclic esters (lactones) is 1. The van der Waals surface area contributed by atoms with E-state index in [1.54, 1.807) is 114 Å². The van der Waals surface area contributed by atoms with Gasteiger partial charge in [0.1, 0.15) is 58.3 Å². The van der Waals surface area contributed by atoms with Crippen LogP contribution in [0.15, 0.2) is 46.1 Å². The van der Waals surface area contributed by atoms with Gasteiger partial charge < -0.3 is 108 Å². The molecule has 0 aromatic heterocycles. The minimum atomic E-state index is -1.96. The highest BCUT2D eigenvalue weighted by molar-refractivity contribution is 6.19. The fourth-order valence-electron chi connectivity index (χ4n) is 17.8. The number of methoxy groups -OCH3 is 3. The number of nitrogens with zero attached hydrogens (tertiary/aromatic N) is 4. The Bertz CT molecular complexity index is 3950. The van der Waals surface area contributed by atoms with E-state index in [0.717, 1.165) is 6.54 Å². The number of Topliss-reactive ketones (excluding diaryl/α,β-unsaturated/α-hetero) is 2. The zero-order valence-corrected chi connectivity index (χ0v) is 71.0. The van der Waals surface area contributed by atoms with Gasteiger partial charge >= 0.3 is 17.7 Å². The van der Waals surface area contributed by atoms with Gasteiger partial charge in [0.25, 0.3) is 11.7 Å². The van der Waals surface area contributed by atoms with Crippen molar-refractivity contribution in [1.29, 1.82) is 0 Å². The molecule has 1 spiro atoms. The van der Waals surface area contributed by atoms with E-state index in [1.807, 2.05) is 32.8 Å². The molecule has 1 amide bonds. The number of rotatable bonds is 12. The fourth-order valence-corrected chi connectivity index (χ4v) is 17.8. The summed E-state index contributed by atoms with van der Waals surface area (Å²) in [5.74, 6) is -10.9. The Morgan fingerprint density at radius 2 is 1.38 bits per heavy atom. The van der Waals surface area contributed by atoms with Crippen molar-refractivity contribution in [2.24, 2.45) is 63.2 Å². The number of ether oxygens (including phenoxy) is 11. The second kappa shape index (κ2) is 36.8. The molecule has 0 aliphatic carbocycles. The number of nitrogens with one attached hydrogen (secondary N) is 1. The first-order valence-electron chi connectivity index (χ1n) is 40.1. The van der Waals surface area contributed by atoms with Gasteiger partial charge in [0.05, 0.1) is 88.5 Å². The number of ketones is 2. The highest BCUT2D eigenvalue weighted by atomic mass is 16.7. The number of hydrogen-bond acceptors (Lipinski definition) is 28. The van der Waals surface area contributed by atoms with E-state index in [1.165, 1.54) is 48.4 Å². The average Bonchev–Trinajstić information content (AvgIpc) is 1.55. The molecule has 4 bridgehead atoms. The van der Waals surface area contributed by atoms with E-state index in [2.05, 4.69) is 24.1 Å². The second-order valence-electron chi connectivity index (χ2n) is 34.6. The summed E-state index contributed by atoms with van der Waals surface area (Å²) in [4.78, 5) is 83.7. The first-order chi connectivity index (χ1) is 52.6. The highest BCUT2D eigenvalue weighted by Gasteiger charge is 2.56. The monoisotopic (exact) mass is 1590 g/mol. The smallest absolute Gasteiger partial charge is 0.312 e. The summed E-state index contributed by atoms with van der Waals surface area (Å²) in [6.07, 6.45) is -3.69. The molecule has 636 valence electrons. The van der Waals surface area contributed by atoms with Crippen molar-refractivity contribution in [3.8, 4) is 17.2 Å². The Morgan fingerprint density at radius 1 is 0.752 bits per heavy atom. The lowest BCUT2D eigenvalue weighted by atomic mass is 9.74. The summed E-state index contributed by atoms with van der Waals surface area (Å²) in [6, 6.07) is -0.283. The lowest BCUT2D eigenvalue weighted by Gasteiger charge is -2.50. The number of aliphatic hydroxyl groups is 6. The number of esters is 2. The number of phenolic OH excluding ortho intramolecular Hbond substituents is 2. The maximum absolute atomic E-state index is 14.7. The number of anilines is 1. The Morgan fingerprint density at radius 3 is 1.96 bits per heavy atom. The molecule has 7 aliphatic rings. The van der Waals surface area contributed by atoms with Gasteiger partial charge in [0, 0.05) is 138 Å². The van der Waals surface area contributed by atoms with Crippen LogP contribution in [0.4, 0.5) is 5.69 Å². The Hall–Kier alpha value is -6.13. The first-order valence-corrected chi connectivity index (χ1v) is 40.1. The minimum Gasteiger partial charge on any atom is -0.507 e. The molecule has 4 saturated heterocycles. The number of allylic oxidation sites excluding steroid dienone is 2. The number of likely N-dealkylation sites (N-methyl/N-ethyl adjacent to an activating group) is 1. The number of piperidine rings is 1. The number of aromatic hydroxyl groups is 2. The molecule has 113 heavy (non-hydrogen) atoms. The van der Waals surface area contributed by atoms with Crippen LogP contribution in [0.5, 0.6) is 17.2 Å². The Kier molecular flexibility index (Phi) is 30.1. The zero-order chi connectivity index (χ0) is 84.5. The number of fused-ring (bicyclic) bond motifs is 1. The summed E-state index contributed by atoms with van der Waals surface area (Å²) in [6.45, 7) is 36.6. The minimum absolute atomic E-state index is 0.0364. The van der Waals surface area contributed by atoms with Crippen LogP contribution in [0.3, 0.4) is 0 Å². The third-order valence-corrected chi connectivity index (χ3v) is 25.2. The van der Waals surface area contributed by atoms with Crippen molar-refractivity contribution in [1.82, 2.24) is 9.80 Å². The quantitative estimate of drug-likeness (QED) is 0.0749. The van der Waals surface area contributed by atoms with E-state index in [-0.39, 0.29) is 92.6 Å². The van der Waals surface area contributed by atoms with Crippen LogP contribution in [-0.2, 0) is 66.5 Å². The largest absolute Gasteiger partial charge is 0.507 e. The van der Waals surface area contributed by atoms with Crippen molar-refractivity contribution < 1.29 is 117 Å². The number of hydrogen-bond donors (Lipinski definition) is 9. The molecule has 0 saturated carbocycles. The Balaban J connectivity index is 0.000000287. The van der Waals surface area contributed by atoms with Crippen LogP contribution in [0, 0.1) is 60.2 Å². The first kappa shape index (κ1) is 92.4. The van der Waals surface area contributed by atoms with Gasteiger partial charge in [0.15, 0.2) is 24.0 Å². The topological polar surface area (TPSA) is 392 Å². The van der Waals surface area contributed by atoms with E-state index in [4.69, 9.17) is 62.1 Å². The highest BCUT2D eigenvalue weighted by Crippen LogP contribution is 2.51. The molecule has 0 unspecified atom stereocenters. The van der Waals surface area contributed by atoms with Crippen LogP contribution < -0.4 is 20.8 Å². The number of aliphatic hydroxyl groups excluding tert-OH is 5. The standard InChI is InChI=1S/C46H62N4O11.C38H69NO13/c1-22(2)21-50-18-16-46(17-19-50)48-34-31-32-39(54)28(8)42-33(31)43(56)45(10,61-42)59-20-15-30(58-11)25(5)41(60-29(9)51)27(7)38(53)26(6)37(52)23(3)13-12-14-24(4)44(57)47-36(40(32)55)35(34)49-46;1-15-26-38(10,45)31(42)21(4)28(40)19(2)17-37(9,47-14)33(52-35-29(41)25(39(11)12)16-20(3)48-35)22(5)30(23(6)34(44)50-26)51-27-18-36(8,46-13)32(43)24(7)49-27/h12-15,20,22-23,25-27,30,37-38,41,52-55H,16-19,21H2,1-11H3,(H,47,57);19-27,29-33,35,41-43,45H,15-18H2,1-14H3/b13-12-,20-15-,24-14+;/t23-,25+,26+,27-,30-,37-,38+,41-,45-;19-,20-,21+,22+,23-,24+,25+,26-,27+,29-,30+,31-,32+,33-,35+,36-,37-,38-/m01/s1. The maximum atomic E-state index is 14.7. The predicted molar refractivity (Wildman–Crippen MR) is 419 cm³/mol. The van der Waals surface area contributed by atoms with E-state index in [9.17, 15) is 64.8 Å². The maximum Gasteiger partial charge on any atom is 0.312 e. The molecule has 29 heteroatoms. The predicted octanol–water partition coefficient (Wildman–Crippen LogP) is 7.19. The van der Waals surface area contributed by atoms with Crippen LogP contribution in [0.1, 0.15) is 186 Å². The van der Waals surface area contributed by atoms with Crippen molar-refractivity contribution in [2.75, 3.05) is 60.4 Å². The molecule has 9 rings (SSSR count). The lowest BCUT2D eigenvalue weighted by Crippen LogP contribution is -2.61. The molecule has 7 aliphatic heterocycles. The molecule has 2 aromatic rings. The second-order valence-corrected chi connectivity index (χ2v) is 34.6. The van der Waals surface area contributed by atoms with E-state index in [0.29, 0.717) is 38.3 Å². The van der Waals surface area contributed by atoms with E-state index >= 15 is 0 Å². The number of benzene rings is 2. The van der Waals surface area contributed by atoms with Crippen LogP contribution >= 0.6 is 0 Å². The molecular weight excluding hydrogens is 1460 g/mol. The van der Waals surface area contributed by atoms with Gasteiger partial charge in [-0.15, -0.1) is 0 Å². The van der Waals surface area contributed by atoms with Crippen molar-refractivity contribution >= 4 is 45.9 Å². The average molecular weight is 1590 g/mol. The molecule has 7 heterocycles.